The highest BCUT2D eigenvalue weighted by Gasteiger charge is 2.47. The van der Waals surface area contributed by atoms with Gasteiger partial charge in [0.15, 0.2) is 17.3 Å². The van der Waals surface area contributed by atoms with Crippen LogP contribution in [0.15, 0.2) is 24.7 Å². The zero-order valence-electron chi connectivity index (χ0n) is 18.0. The van der Waals surface area contributed by atoms with E-state index in [9.17, 15) is 14.3 Å². The summed E-state index contributed by atoms with van der Waals surface area (Å²) in [4.78, 5) is 25.0. The van der Waals surface area contributed by atoms with Crippen molar-refractivity contribution < 1.29 is 18.7 Å². The first-order valence-corrected chi connectivity index (χ1v) is 11.3. The van der Waals surface area contributed by atoms with Gasteiger partial charge in [0.1, 0.15) is 17.2 Å². The van der Waals surface area contributed by atoms with Gasteiger partial charge >= 0.3 is 5.97 Å². The molecule has 0 aromatic carbocycles. The Kier molecular flexibility index (Phi) is 4.85. The molecule has 3 aliphatic rings. The average Bonchev–Trinajstić information content (AvgIpc) is 3.51. The predicted molar refractivity (Wildman–Crippen MR) is 116 cm³/mol. The summed E-state index contributed by atoms with van der Waals surface area (Å²) < 4.78 is 29.6. The topological polar surface area (TPSA) is 133 Å². The zero-order chi connectivity index (χ0) is 23.4. The van der Waals surface area contributed by atoms with Gasteiger partial charge in [-0.15, -0.1) is 0 Å². The Bertz CT molecular complexity index is 1380. The van der Waals surface area contributed by atoms with E-state index in [0.29, 0.717) is 16.6 Å². The molecule has 0 saturated heterocycles. The molecule has 2 bridgehead atoms. The van der Waals surface area contributed by atoms with E-state index >= 15 is 4.39 Å². The van der Waals surface area contributed by atoms with Crippen molar-refractivity contribution in [3.8, 4) is 22.8 Å². The maximum absolute atomic E-state index is 15.7. The number of rotatable bonds is 5. The van der Waals surface area contributed by atoms with Crippen LogP contribution in [0.1, 0.15) is 31.4 Å². The Labute approximate surface area is 192 Å². The van der Waals surface area contributed by atoms with Gasteiger partial charge in [-0.1, -0.05) is 0 Å². The molecule has 174 valence electrons. The molecule has 3 fully saturated rings. The highest BCUT2D eigenvalue weighted by atomic mass is 19.1. The van der Waals surface area contributed by atoms with Gasteiger partial charge in [-0.05, 0) is 55.9 Å². The van der Waals surface area contributed by atoms with Crippen LogP contribution >= 0.6 is 0 Å². The van der Waals surface area contributed by atoms with Crippen LogP contribution in [-0.4, -0.2) is 46.4 Å². The number of H-pyrrole nitrogens is 2. The molecule has 3 saturated carbocycles. The van der Waals surface area contributed by atoms with E-state index in [2.05, 4.69) is 35.3 Å². The minimum absolute atomic E-state index is 0.0358. The molecule has 2 atom stereocenters. The molecule has 4 heterocycles. The van der Waals surface area contributed by atoms with Gasteiger partial charge in [-0.25, -0.2) is 23.7 Å². The Morgan fingerprint density at radius 1 is 1.12 bits per heavy atom. The summed E-state index contributed by atoms with van der Waals surface area (Å²) in [5.74, 6) is -2.26. The third kappa shape index (κ3) is 3.34. The van der Waals surface area contributed by atoms with Gasteiger partial charge in [0.2, 0.25) is 0 Å². The number of aliphatic carboxylic acids is 1. The number of halogens is 2. The maximum Gasteiger partial charge on any atom is 0.307 e. The second-order valence-corrected chi connectivity index (χ2v) is 9.17. The second-order valence-electron chi connectivity index (χ2n) is 9.17. The highest BCUT2D eigenvalue weighted by Crippen LogP contribution is 2.50. The number of nitrogens with zero attached hydrogens (tertiary/aromatic N) is 5. The van der Waals surface area contributed by atoms with Crippen molar-refractivity contribution >= 4 is 17.0 Å². The molecule has 3 aliphatic carbocycles. The smallest absolute Gasteiger partial charge is 0.307 e. The molecule has 3 N–H and O–H groups in total. The van der Waals surface area contributed by atoms with Crippen molar-refractivity contribution in [2.45, 2.75) is 32.1 Å². The maximum atomic E-state index is 15.7. The fourth-order valence-electron chi connectivity index (χ4n) is 5.83. The fraction of sp³-hybridized carbons (Fsp3) is 0.391. The largest absolute Gasteiger partial charge is 0.481 e. The van der Waals surface area contributed by atoms with E-state index in [4.69, 9.17) is 0 Å². The molecule has 0 spiro atoms. The summed E-state index contributed by atoms with van der Waals surface area (Å²) in [6.45, 7) is 0. The van der Waals surface area contributed by atoms with Crippen molar-refractivity contribution in [1.82, 2.24) is 35.3 Å². The SMILES string of the molecule is O=C(O)C1C2CCC(CC2)C1Cc1nc(-c2[nH]nc3ncc(F)cc23)nc(-c2cn[nH]c2)c1F. The number of aromatic nitrogens is 7. The minimum Gasteiger partial charge on any atom is -0.481 e. The van der Waals surface area contributed by atoms with Gasteiger partial charge in [0.05, 0.1) is 29.4 Å². The van der Waals surface area contributed by atoms with Crippen LogP contribution in [0.5, 0.6) is 0 Å². The molecule has 4 aromatic rings. The lowest BCUT2D eigenvalue weighted by Crippen LogP contribution is -2.45. The van der Waals surface area contributed by atoms with Crippen molar-refractivity contribution in [2.24, 2.45) is 23.7 Å². The Hall–Kier alpha value is -3.76. The standard InChI is InChI=1S/C23H21F2N7O2/c24-13-5-15-20(31-32-21(15)26-9-13)22-29-16(18(25)19(30-22)12-7-27-28-8-12)6-14-10-1-3-11(4-2-10)17(14)23(33)34/h5,7-11,14,17H,1-4,6H2,(H,27,28)(H,33,34)(H,26,31,32). The van der Waals surface area contributed by atoms with Gasteiger partial charge in [-0.3, -0.25) is 15.0 Å². The van der Waals surface area contributed by atoms with Gasteiger partial charge in [-0.2, -0.15) is 10.2 Å². The van der Waals surface area contributed by atoms with E-state index < -0.39 is 23.5 Å². The van der Waals surface area contributed by atoms with Gasteiger partial charge in [0.25, 0.3) is 0 Å². The number of fused-ring (bicyclic) bond motifs is 4. The summed E-state index contributed by atoms with van der Waals surface area (Å²) in [6, 6.07) is 1.27. The average molecular weight is 465 g/mol. The number of nitrogens with one attached hydrogen (secondary N) is 2. The quantitative estimate of drug-likeness (QED) is 0.409. The zero-order valence-corrected chi connectivity index (χ0v) is 18.0. The molecule has 0 aliphatic heterocycles. The van der Waals surface area contributed by atoms with Crippen LogP contribution in [0.25, 0.3) is 33.8 Å². The molecule has 2 unspecified atom stereocenters. The number of pyridine rings is 1. The van der Waals surface area contributed by atoms with E-state index in [1.165, 1.54) is 18.5 Å². The number of hydrogen-bond donors (Lipinski definition) is 3. The molecule has 11 heteroatoms. The van der Waals surface area contributed by atoms with Gasteiger partial charge in [0, 0.05) is 11.8 Å². The Balaban J connectivity index is 1.49. The third-order valence-corrected chi connectivity index (χ3v) is 7.40. The summed E-state index contributed by atoms with van der Waals surface area (Å²) in [7, 11) is 0. The summed E-state index contributed by atoms with van der Waals surface area (Å²) in [5.41, 5.74) is 1.19. The lowest BCUT2D eigenvalue weighted by atomic mass is 9.57. The molecule has 0 amide bonds. The first-order valence-electron chi connectivity index (χ1n) is 11.3. The van der Waals surface area contributed by atoms with Crippen LogP contribution in [0.2, 0.25) is 0 Å². The molecule has 9 nitrogen and oxygen atoms in total. The monoisotopic (exact) mass is 465 g/mol. The number of carboxylic acids is 1. The lowest BCUT2D eigenvalue weighted by molar-refractivity contribution is -0.152. The molecule has 34 heavy (non-hydrogen) atoms. The second kappa shape index (κ2) is 7.93. The van der Waals surface area contributed by atoms with Crippen LogP contribution < -0.4 is 0 Å². The summed E-state index contributed by atoms with van der Waals surface area (Å²) >= 11 is 0. The van der Waals surface area contributed by atoms with Crippen molar-refractivity contribution in [3.63, 3.8) is 0 Å². The fourth-order valence-corrected chi connectivity index (χ4v) is 5.83. The van der Waals surface area contributed by atoms with Crippen molar-refractivity contribution in [2.75, 3.05) is 0 Å². The van der Waals surface area contributed by atoms with E-state index in [1.54, 1.807) is 0 Å². The number of aromatic amines is 2. The Morgan fingerprint density at radius 3 is 2.65 bits per heavy atom. The molecule has 4 aromatic heterocycles. The van der Waals surface area contributed by atoms with E-state index in [-0.39, 0.29) is 47.0 Å². The summed E-state index contributed by atoms with van der Waals surface area (Å²) in [5, 5.41) is 23.7. The number of hydrogen-bond acceptors (Lipinski definition) is 6. The van der Waals surface area contributed by atoms with E-state index in [0.717, 1.165) is 31.9 Å². The molecular formula is C23H21F2N7O2. The first-order chi connectivity index (χ1) is 16.5. The van der Waals surface area contributed by atoms with Gasteiger partial charge < -0.3 is 5.11 Å². The lowest BCUT2D eigenvalue weighted by Gasteiger charge is -2.46. The van der Waals surface area contributed by atoms with Crippen LogP contribution in [0.3, 0.4) is 0 Å². The van der Waals surface area contributed by atoms with Crippen molar-refractivity contribution in [3.05, 3.63) is 42.0 Å². The number of carbonyl (C=O) groups is 1. The minimum atomic E-state index is -0.828. The highest BCUT2D eigenvalue weighted by molar-refractivity contribution is 5.89. The summed E-state index contributed by atoms with van der Waals surface area (Å²) in [6.07, 6.45) is 7.91. The first kappa shape index (κ1) is 20.8. The molecule has 0 radical (unpaired) electrons. The number of carboxylic acid groups (broad SMARTS) is 1. The molecule has 7 rings (SSSR count). The Morgan fingerprint density at radius 2 is 1.91 bits per heavy atom. The van der Waals surface area contributed by atoms with Crippen LogP contribution in [0.4, 0.5) is 8.78 Å². The third-order valence-electron chi connectivity index (χ3n) is 7.40. The molecular weight excluding hydrogens is 444 g/mol. The normalized spacial score (nSPS) is 24.1. The predicted octanol–water partition coefficient (Wildman–Crippen LogP) is 3.76. The van der Waals surface area contributed by atoms with E-state index in [1.807, 2.05) is 0 Å². The van der Waals surface area contributed by atoms with Crippen LogP contribution in [0, 0.1) is 35.3 Å². The van der Waals surface area contributed by atoms with Crippen LogP contribution in [-0.2, 0) is 11.2 Å². The van der Waals surface area contributed by atoms with Crippen molar-refractivity contribution in [1.29, 1.82) is 0 Å².